The maximum absolute atomic E-state index is 11.7. The quantitative estimate of drug-likeness (QED) is 0.817. The predicted molar refractivity (Wildman–Crippen MR) is 62.4 cm³/mol. The number of Topliss-reactive ketones (excluding diaryl/α,β-unsaturated/α-hetero) is 1. The van der Waals surface area contributed by atoms with Crippen molar-refractivity contribution in [2.75, 3.05) is 7.11 Å². The van der Waals surface area contributed by atoms with Gasteiger partial charge in [0.1, 0.15) is 5.75 Å². The molecule has 0 saturated heterocycles. The minimum atomic E-state index is -0.385. The van der Waals surface area contributed by atoms with Gasteiger partial charge in [0.25, 0.3) is 0 Å². The minimum absolute atomic E-state index is 0.200. The molecule has 3 nitrogen and oxygen atoms in total. The molecule has 1 aromatic rings. The van der Waals surface area contributed by atoms with Gasteiger partial charge >= 0.3 is 0 Å². The molecule has 2 rings (SSSR count). The lowest BCUT2D eigenvalue weighted by Crippen LogP contribution is -2.33. The Morgan fingerprint density at radius 2 is 2.19 bits per heavy atom. The van der Waals surface area contributed by atoms with Crippen LogP contribution >= 0.6 is 0 Å². The van der Waals surface area contributed by atoms with Crippen molar-refractivity contribution in [1.82, 2.24) is 0 Å². The molecule has 1 atom stereocenters. The fourth-order valence-electron chi connectivity index (χ4n) is 1.88. The first-order valence-electron chi connectivity index (χ1n) is 5.63. The normalized spacial score (nSPS) is 16.9. The van der Waals surface area contributed by atoms with Crippen molar-refractivity contribution in [3.63, 3.8) is 0 Å². The molecule has 0 bridgehead atoms. The molecule has 0 spiro atoms. The standard InChI is InChI=1S/C13H17NO2/c1-16-12-5-3-2-4-10(12)8-11(14)13(15)9-6-7-9/h2-5,9,11H,6-8,14H2,1H3. The van der Waals surface area contributed by atoms with Crippen LogP contribution in [0.5, 0.6) is 5.75 Å². The number of carbonyl (C=O) groups excluding carboxylic acids is 1. The van der Waals surface area contributed by atoms with E-state index in [1.54, 1.807) is 7.11 Å². The average molecular weight is 219 g/mol. The van der Waals surface area contributed by atoms with Crippen LogP contribution in [0.4, 0.5) is 0 Å². The SMILES string of the molecule is COc1ccccc1CC(N)C(=O)C1CC1. The Balaban J connectivity index is 2.04. The summed E-state index contributed by atoms with van der Waals surface area (Å²) in [5.41, 5.74) is 6.91. The van der Waals surface area contributed by atoms with Gasteiger partial charge in [-0.2, -0.15) is 0 Å². The first-order chi connectivity index (χ1) is 7.72. The van der Waals surface area contributed by atoms with Crippen molar-refractivity contribution < 1.29 is 9.53 Å². The lowest BCUT2D eigenvalue weighted by molar-refractivity contribution is -0.121. The summed E-state index contributed by atoms with van der Waals surface area (Å²) in [5.74, 6) is 1.23. The van der Waals surface area contributed by atoms with Crippen molar-refractivity contribution in [2.24, 2.45) is 11.7 Å². The maximum atomic E-state index is 11.7. The Morgan fingerprint density at radius 3 is 2.81 bits per heavy atom. The molecular weight excluding hydrogens is 202 g/mol. The molecule has 16 heavy (non-hydrogen) atoms. The smallest absolute Gasteiger partial charge is 0.152 e. The molecule has 86 valence electrons. The van der Waals surface area contributed by atoms with E-state index in [1.807, 2.05) is 24.3 Å². The van der Waals surface area contributed by atoms with Gasteiger partial charge in [-0.15, -0.1) is 0 Å². The summed E-state index contributed by atoms with van der Waals surface area (Å²) in [6.07, 6.45) is 2.59. The van der Waals surface area contributed by atoms with Crippen LogP contribution in [-0.2, 0) is 11.2 Å². The van der Waals surface area contributed by atoms with Gasteiger partial charge in [0.2, 0.25) is 0 Å². The minimum Gasteiger partial charge on any atom is -0.496 e. The Hall–Kier alpha value is -1.35. The molecule has 0 aliphatic heterocycles. The molecule has 1 fully saturated rings. The number of hydrogen-bond donors (Lipinski definition) is 1. The van der Waals surface area contributed by atoms with E-state index >= 15 is 0 Å². The molecular formula is C13H17NO2. The van der Waals surface area contributed by atoms with Gasteiger partial charge in [0, 0.05) is 5.92 Å². The van der Waals surface area contributed by atoms with E-state index in [9.17, 15) is 4.79 Å². The lowest BCUT2D eigenvalue weighted by Gasteiger charge is -2.12. The molecule has 0 aromatic heterocycles. The third-order valence-corrected chi connectivity index (χ3v) is 2.98. The summed E-state index contributed by atoms with van der Waals surface area (Å²) in [6, 6.07) is 7.31. The zero-order chi connectivity index (χ0) is 11.5. The highest BCUT2D eigenvalue weighted by atomic mass is 16.5. The van der Waals surface area contributed by atoms with Crippen molar-refractivity contribution >= 4 is 5.78 Å². The van der Waals surface area contributed by atoms with Gasteiger partial charge in [-0.1, -0.05) is 18.2 Å². The van der Waals surface area contributed by atoms with E-state index in [0.717, 1.165) is 24.2 Å². The molecule has 1 aromatic carbocycles. The molecule has 3 heteroatoms. The number of ketones is 1. The summed E-state index contributed by atoms with van der Waals surface area (Å²) in [4.78, 5) is 11.7. The molecule has 0 radical (unpaired) electrons. The zero-order valence-corrected chi connectivity index (χ0v) is 9.48. The molecule has 1 saturated carbocycles. The van der Waals surface area contributed by atoms with Gasteiger partial charge in [-0.3, -0.25) is 4.79 Å². The molecule has 0 amide bonds. The Bertz CT molecular complexity index is 385. The van der Waals surface area contributed by atoms with Gasteiger partial charge in [-0.05, 0) is 30.9 Å². The highest BCUT2D eigenvalue weighted by Gasteiger charge is 2.33. The Morgan fingerprint density at radius 1 is 1.50 bits per heavy atom. The van der Waals surface area contributed by atoms with Crippen LogP contribution in [-0.4, -0.2) is 18.9 Å². The van der Waals surface area contributed by atoms with E-state index in [-0.39, 0.29) is 17.7 Å². The van der Waals surface area contributed by atoms with Crippen LogP contribution in [0.25, 0.3) is 0 Å². The van der Waals surface area contributed by atoms with Crippen molar-refractivity contribution in [3.8, 4) is 5.75 Å². The lowest BCUT2D eigenvalue weighted by atomic mass is 10.00. The number of rotatable bonds is 5. The number of hydrogen-bond acceptors (Lipinski definition) is 3. The topological polar surface area (TPSA) is 52.3 Å². The third kappa shape index (κ3) is 2.42. The largest absolute Gasteiger partial charge is 0.496 e. The monoisotopic (exact) mass is 219 g/mol. The van der Waals surface area contributed by atoms with Crippen molar-refractivity contribution in [1.29, 1.82) is 0 Å². The maximum Gasteiger partial charge on any atom is 0.152 e. The van der Waals surface area contributed by atoms with Gasteiger partial charge < -0.3 is 10.5 Å². The van der Waals surface area contributed by atoms with E-state index in [4.69, 9.17) is 10.5 Å². The second kappa shape index (κ2) is 4.66. The summed E-state index contributed by atoms with van der Waals surface area (Å²) < 4.78 is 5.24. The summed E-state index contributed by atoms with van der Waals surface area (Å²) >= 11 is 0. The zero-order valence-electron chi connectivity index (χ0n) is 9.48. The number of methoxy groups -OCH3 is 1. The van der Waals surface area contributed by atoms with Crippen LogP contribution in [0.15, 0.2) is 24.3 Å². The number of para-hydroxylation sites is 1. The number of nitrogens with two attached hydrogens (primary N) is 1. The van der Waals surface area contributed by atoms with Gasteiger partial charge in [-0.25, -0.2) is 0 Å². The number of carbonyl (C=O) groups is 1. The van der Waals surface area contributed by atoms with Crippen LogP contribution < -0.4 is 10.5 Å². The van der Waals surface area contributed by atoms with Crippen molar-refractivity contribution in [2.45, 2.75) is 25.3 Å². The van der Waals surface area contributed by atoms with Crippen LogP contribution in [0.1, 0.15) is 18.4 Å². The Kier molecular flexibility index (Phi) is 3.25. The summed E-state index contributed by atoms with van der Waals surface area (Å²) in [7, 11) is 1.63. The van der Waals surface area contributed by atoms with Crippen molar-refractivity contribution in [3.05, 3.63) is 29.8 Å². The molecule has 1 aliphatic carbocycles. The first kappa shape index (κ1) is 11.1. The van der Waals surface area contributed by atoms with Gasteiger partial charge in [0.05, 0.1) is 13.2 Å². The van der Waals surface area contributed by atoms with Crippen LogP contribution in [0.2, 0.25) is 0 Å². The first-order valence-corrected chi connectivity index (χ1v) is 5.63. The number of ether oxygens (including phenoxy) is 1. The second-order valence-corrected chi connectivity index (χ2v) is 4.30. The summed E-state index contributed by atoms with van der Waals surface area (Å²) in [6.45, 7) is 0. The van der Waals surface area contributed by atoms with E-state index < -0.39 is 0 Å². The van der Waals surface area contributed by atoms with E-state index in [2.05, 4.69) is 0 Å². The third-order valence-electron chi connectivity index (χ3n) is 2.98. The average Bonchev–Trinajstić information content (AvgIpc) is 3.12. The predicted octanol–water partition coefficient (Wildman–Crippen LogP) is 1.54. The molecule has 0 heterocycles. The fourth-order valence-corrected chi connectivity index (χ4v) is 1.88. The molecule has 2 N–H and O–H groups in total. The Labute approximate surface area is 95.6 Å². The van der Waals surface area contributed by atoms with Crippen LogP contribution in [0.3, 0.4) is 0 Å². The molecule has 1 unspecified atom stereocenters. The highest BCUT2D eigenvalue weighted by Crippen LogP contribution is 2.31. The fraction of sp³-hybridized carbons (Fsp3) is 0.462. The highest BCUT2D eigenvalue weighted by molar-refractivity contribution is 5.88. The number of benzene rings is 1. The second-order valence-electron chi connectivity index (χ2n) is 4.30. The van der Waals surface area contributed by atoms with E-state index in [0.29, 0.717) is 6.42 Å². The van der Waals surface area contributed by atoms with Gasteiger partial charge in [0.15, 0.2) is 5.78 Å². The molecule has 1 aliphatic rings. The summed E-state index contributed by atoms with van der Waals surface area (Å²) in [5, 5.41) is 0. The van der Waals surface area contributed by atoms with Crippen LogP contribution in [0, 0.1) is 5.92 Å². The van der Waals surface area contributed by atoms with E-state index in [1.165, 1.54) is 0 Å².